The van der Waals surface area contributed by atoms with Gasteiger partial charge in [-0.1, -0.05) is 18.2 Å². The van der Waals surface area contributed by atoms with Crippen molar-refractivity contribution in [2.45, 2.75) is 32.4 Å². The summed E-state index contributed by atoms with van der Waals surface area (Å²) in [7, 11) is 0. The topological polar surface area (TPSA) is 142 Å². The number of carbonyl (C=O) groups excluding carboxylic acids is 3. The van der Waals surface area contributed by atoms with Crippen LogP contribution in [0.1, 0.15) is 35.7 Å². The number of piperidine rings is 1. The molecule has 0 aliphatic carbocycles. The van der Waals surface area contributed by atoms with Crippen LogP contribution in [0, 0.1) is 0 Å². The standard InChI is InChI=1S/C21H17N5O3.C2H4O2/c27-18-8-7-17(20(28)25-18)26-10-12-5-6-13(9-15(12)21(26)29)24-19-14-3-1-2-4-16(14)22-11-23-19;1-2(3)4/h1-6,9,11,17H,7-8,10H2,(H,22,23,24)(H,25,27,28);1H3,(H,3,4). The summed E-state index contributed by atoms with van der Waals surface area (Å²) in [6.45, 7) is 1.44. The molecule has 33 heavy (non-hydrogen) atoms. The molecular weight excluding hydrogens is 426 g/mol. The van der Waals surface area contributed by atoms with Gasteiger partial charge in [0.1, 0.15) is 18.2 Å². The number of anilines is 2. The summed E-state index contributed by atoms with van der Waals surface area (Å²) < 4.78 is 0. The number of fused-ring (bicyclic) bond motifs is 2. The molecule has 2 aromatic carbocycles. The number of imide groups is 1. The molecule has 3 aromatic rings. The van der Waals surface area contributed by atoms with Gasteiger partial charge in [-0.3, -0.25) is 24.5 Å². The Kier molecular flexibility index (Phi) is 5.99. The van der Waals surface area contributed by atoms with Gasteiger partial charge in [0, 0.05) is 36.5 Å². The number of nitrogens with zero attached hydrogens (tertiary/aromatic N) is 3. The molecule has 3 amide bonds. The Morgan fingerprint density at radius 1 is 1.15 bits per heavy atom. The first-order chi connectivity index (χ1) is 15.8. The van der Waals surface area contributed by atoms with Crippen LogP contribution in [-0.2, 0) is 20.9 Å². The van der Waals surface area contributed by atoms with Gasteiger partial charge in [-0.15, -0.1) is 0 Å². The third-order valence-electron chi connectivity index (χ3n) is 5.33. The van der Waals surface area contributed by atoms with Crippen molar-refractivity contribution in [3.8, 4) is 0 Å². The first-order valence-electron chi connectivity index (χ1n) is 10.3. The SMILES string of the molecule is CC(=O)O.O=C1CCC(N2Cc3ccc(Nc4ncnc5ccccc45)cc3C2=O)C(=O)N1. The maximum atomic E-state index is 12.9. The van der Waals surface area contributed by atoms with Crippen molar-refractivity contribution in [1.82, 2.24) is 20.2 Å². The van der Waals surface area contributed by atoms with Crippen LogP contribution in [0.3, 0.4) is 0 Å². The lowest BCUT2D eigenvalue weighted by molar-refractivity contribution is -0.137. The van der Waals surface area contributed by atoms with E-state index in [9.17, 15) is 14.4 Å². The van der Waals surface area contributed by atoms with Gasteiger partial charge in [0.2, 0.25) is 11.8 Å². The van der Waals surface area contributed by atoms with Gasteiger partial charge in [0.25, 0.3) is 11.9 Å². The molecule has 2 aliphatic heterocycles. The summed E-state index contributed by atoms with van der Waals surface area (Å²) >= 11 is 0. The second kappa shape index (κ2) is 9.03. The predicted molar refractivity (Wildman–Crippen MR) is 119 cm³/mol. The Morgan fingerprint density at radius 3 is 2.67 bits per heavy atom. The van der Waals surface area contributed by atoms with Crippen molar-refractivity contribution >= 4 is 46.1 Å². The number of para-hydroxylation sites is 1. The van der Waals surface area contributed by atoms with Crippen LogP contribution >= 0.6 is 0 Å². The molecule has 10 heteroatoms. The molecule has 1 saturated heterocycles. The van der Waals surface area contributed by atoms with E-state index in [4.69, 9.17) is 9.90 Å². The highest BCUT2D eigenvalue weighted by Crippen LogP contribution is 2.31. The highest BCUT2D eigenvalue weighted by atomic mass is 16.4. The number of aromatic nitrogens is 2. The number of nitrogens with one attached hydrogen (secondary N) is 2. The number of aliphatic carboxylic acids is 1. The molecule has 0 saturated carbocycles. The minimum absolute atomic E-state index is 0.203. The number of amides is 3. The fraction of sp³-hybridized carbons (Fsp3) is 0.217. The maximum absolute atomic E-state index is 12.9. The number of benzene rings is 2. The summed E-state index contributed by atoms with van der Waals surface area (Å²) in [5.41, 5.74) is 2.97. The summed E-state index contributed by atoms with van der Waals surface area (Å²) in [5, 5.41) is 13.9. The Bertz CT molecular complexity index is 1270. The molecular formula is C23H21N5O5. The van der Waals surface area contributed by atoms with E-state index in [0.717, 1.165) is 29.1 Å². The predicted octanol–water partition coefficient (Wildman–Crippen LogP) is 2.23. The van der Waals surface area contributed by atoms with Crippen LogP contribution in [-0.4, -0.2) is 49.7 Å². The van der Waals surface area contributed by atoms with E-state index < -0.39 is 17.9 Å². The number of carboxylic acids is 1. The van der Waals surface area contributed by atoms with Gasteiger partial charge >= 0.3 is 0 Å². The second-order valence-corrected chi connectivity index (χ2v) is 7.66. The Morgan fingerprint density at radius 2 is 1.91 bits per heavy atom. The van der Waals surface area contributed by atoms with Gasteiger partial charge in [0.05, 0.1) is 5.52 Å². The number of hydrogen-bond acceptors (Lipinski definition) is 7. The highest BCUT2D eigenvalue weighted by Gasteiger charge is 2.39. The van der Waals surface area contributed by atoms with Crippen molar-refractivity contribution in [2.75, 3.05) is 5.32 Å². The molecule has 1 fully saturated rings. The monoisotopic (exact) mass is 447 g/mol. The van der Waals surface area contributed by atoms with Crippen LogP contribution in [0.25, 0.3) is 10.9 Å². The van der Waals surface area contributed by atoms with Crippen molar-refractivity contribution in [3.05, 3.63) is 59.9 Å². The molecule has 3 heterocycles. The molecule has 10 nitrogen and oxygen atoms in total. The van der Waals surface area contributed by atoms with Crippen molar-refractivity contribution in [3.63, 3.8) is 0 Å². The van der Waals surface area contributed by atoms with Crippen molar-refractivity contribution in [2.24, 2.45) is 0 Å². The normalized spacial score (nSPS) is 17.2. The zero-order valence-corrected chi connectivity index (χ0v) is 17.7. The van der Waals surface area contributed by atoms with E-state index in [2.05, 4.69) is 20.6 Å². The minimum Gasteiger partial charge on any atom is -0.481 e. The summed E-state index contributed by atoms with van der Waals surface area (Å²) in [6.07, 6.45) is 2.08. The van der Waals surface area contributed by atoms with E-state index in [0.29, 0.717) is 24.3 Å². The van der Waals surface area contributed by atoms with Gasteiger partial charge in [-0.2, -0.15) is 0 Å². The Balaban J connectivity index is 0.000000601. The molecule has 168 valence electrons. The lowest BCUT2D eigenvalue weighted by Crippen LogP contribution is -2.52. The van der Waals surface area contributed by atoms with Gasteiger partial charge in [-0.25, -0.2) is 9.97 Å². The molecule has 0 bridgehead atoms. The van der Waals surface area contributed by atoms with Gasteiger partial charge in [-0.05, 0) is 36.2 Å². The van der Waals surface area contributed by atoms with Crippen LogP contribution in [0.2, 0.25) is 0 Å². The zero-order valence-electron chi connectivity index (χ0n) is 17.7. The van der Waals surface area contributed by atoms with Gasteiger partial charge < -0.3 is 15.3 Å². The first-order valence-corrected chi connectivity index (χ1v) is 10.3. The average Bonchev–Trinajstić information content (AvgIpc) is 3.09. The summed E-state index contributed by atoms with van der Waals surface area (Å²) in [4.78, 5) is 55.6. The van der Waals surface area contributed by atoms with E-state index in [1.165, 1.54) is 11.2 Å². The van der Waals surface area contributed by atoms with Crippen LogP contribution in [0.5, 0.6) is 0 Å². The third-order valence-corrected chi connectivity index (χ3v) is 5.33. The maximum Gasteiger partial charge on any atom is 0.300 e. The number of carbonyl (C=O) groups is 4. The summed E-state index contributed by atoms with van der Waals surface area (Å²) in [5.74, 6) is -1.08. The number of carboxylic acid groups (broad SMARTS) is 1. The first kappa shape index (κ1) is 21.9. The van der Waals surface area contributed by atoms with Crippen molar-refractivity contribution in [1.29, 1.82) is 0 Å². The van der Waals surface area contributed by atoms with Crippen LogP contribution < -0.4 is 10.6 Å². The largest absolute Gasteiger partial charge is 0.481 e. The number of rotatable bonds is 3. The lowest BCUT2D eigenvalue weighted by Gasteiger charge is -2.29. The Hall–Kier alpha value is -4.34. The quantitative estimate of drug-likeness (QED) is 0.519. The molecule has 2 aliphatic rings. The van der Waals surface area contributed by atoms with E-state index in [-0.39, 0.29) is 18.2 Å². The Labute approximate surface area is 188 Å². The molecule has 1 unspecified atom stereocenters. The molecule has 5 rings (SSSR count). The fourth-order valence-corrected chi connectivity index (χ4v) is 3.87. The van der Waals surface area contributed by atoms with Crippen molar-refractivity contribution < 1.29 is 24.3 Å². The smallest absolute Gasteiger partial charge is 0.300 e. The van der Waals surface area contributed by atoms with Gasteiger partial charge in [0.15, 0.2) is 0 Å². The fourth-order valence-electron chi connectivity index (χ4n) is 3.87. The summed E-state index contributed by atoms with van der Waals surface area (Å²) in [6, 6.07) is 12.6. The van der Waals surface area contributed by atoms with E-state index in [1.807, 2.05) is 36.4 Å². The minimum atomic E-state index is -0.833. The molecule has 0 spiro atoms. The highest BCUT2D eigenvalue weighted by molar-refractivity contribution is 6.05. The molecule has 0 radical (unpaired) electrons. The van der Waals surface area contributed by atoms with Crippen LogP contribution in [0.4, 0.5) is 11.5 Å². The molecule has 3 N–H and O–H groups in total. The average molecular weight is 447 g/mol. The van der Waals surface area contributed by atoms with E-state index >= 15 is 0 Å². The third kappa shape index (κ3) is 4.64. The molecule has 1 aromatic heterocycles. The lowest BCUT2D eigenvalue weighted by atomic mass is 10.0. The number of hydrogen-bond donors (Lipinski definition) is 3. The second-order valence-electron chi connectivity index (χ2n) is 7.66. The zero-order chi connectivity index (χ0) is 23.5. The van der Waals surface area contributed by atoms with Crippen LogP contribution in [0.15, 0.2) is 48.8 Å². The molecule has 1 atom stereocenters. The van der Waals surface area contributed by atoms with E-state index in [1.54, 1.807) is 6.07 Å².